The number of aryl methyl sites for hydroxylation is 1. The Bertz CT molecular complexity index is 835. The molecule has 0 aliphatic carbocycles. The Kier molecular flexibility index (Phi) is 5.74. The third-order valence-electron chi connectivity index (χ3n) is 3.64. The van der Waals surface area contributed by atoms with Gasteiger partial charge in [0.1, 0.15) is 12.4 Å². The van der Waals surface area contributed by atoms with E-state index in [1.165, 1.54) is 13.1 Å². The number of halogens is 3. The Hall–Kier alpha value is -2.06. The zero-order chi connectivity index (χ0) is 18.7. The van der Waals surface area contributed by atoms with Gasteiger partial charge in [0.25, 0.3) is 0 Å². The quantitative estimate of drug-likeness (QED) is 0.775. The lowest BCUT2D eigenvalue weighted by atomic mass is 10.2. The molecule has 8 heteroatoms. The lowest BCUT2D eigenvalue weighted by molar-refractivity contribution is -0.139. The first kappa shape index (κ1) is 19.3. The van der Waals surface area contributed by atoms with Crippen molar-refractivity contribution in [3.8, 4) is 5.75 Å². The van der Waals surface area contributed by atoms with Crippen molar-refractivity contribution < 1.29 is 26.3 Å². The van der Waals surface area contributed by atoms with Gasteiger partial charge < -0.3 is 4.74 Å². The van der Waals surface area contributed by atoms with Crippen molar-refractivity contribution in [3.63, 3.8) is 0 Å². The van der Waals surface area contributed by atoms with Gasteiger partial charge in [0, 0.05) is 13.6 Å². The van der Waals surface area contributed by atoms with Crippen LogP contribution in [0.1, 0.15) is 11.1 Å². The molecule has 0 aromatic heterocycles. The standard InChI is InChI=1S/C17H18F3NO3S/c1-13-7-3-5-9-15(13)24-12-11-21(2)25(22,23)16-10-6-4-8-14(16)17(18,19)20/h3-10H,11-12H2,1-2H3. The number of sulfonamides is 1. The molecule has 2 aromatic carbocycles. The minimum absolute atomic E-state index is 0.0226. The molecular weight excluding hydrogens is 355 g/mol. The predicted molar refractivity (Wildman–Crippen MR) is 87.9 cm³/mol. The highest BCUT2D eigenvalue weighted by molar-refractivity contribution is 7.89. The lowest BCUT2D eigenvalue weighted by Gasteiger charge is -2.20. The van der Waals surface area contributed by atoms with Gasteiger partial charge in [0.15, 0.2) is 0 Å². The molecule has 136 valence electrons. The van der Waals surface area contributed by atoms with Gasteiger partial charge in [-0.25, -0.2) is 8.42 Å². The van der Waals surface area contributed by atoms with Crippen molar-refractivity contribution in [2.75, 3.05) is 20.2 Å². The molecule has 0 unspecified atom stereocenters. The van der Waals surface area contributed by atoms with Crippen LogP contribution in [0.3, 0.4) is 0 Å². The Morgan fingerprint density at radius 3 is 2.28 bits per heavy atom. The third-order valence-corrected chi connectivity index (χ3v) is 5.55. The number of nitrogens with zero attached hydrogens (tertiary/aromatic N) is 1. The molecule has 0 aliphatic rings. The van der Waals surface area contributed by atoms with E-state index in [0.717, 1.165) is 28.1 Å². The fourth-order valence-corrected chi connectivity index (χ4v) is 3.58. The first-order valence-electron chi connectivity index (χ1n) is 7.45. The van der Waals surface area contributed by atoms with E-state index in [1.54, 1.807) is 12.1 Å². The summed E-state index contributed by atoms with van der Waals surface area (Å²) in [5.74, 6) is 0.601. The van der Waals surface area contributed by atoms with E-state index in [1.807, 2.05) is 19.1 Å². The molecule has 2 aromatic rings. The molecule has 0 radical (unpaired) electrons. The topological polar surface area (TPSA) is 46.6 Å². The van der Waals surface area contributed by atoms with E-state index in [-0.39, 0.29) is 13.2 Å². The van der Waals surface area contributed by atoms with Gasteiger partial charge in [-0.3, -0.25) is 0 Å². The van der Waals surface area contributed by atoms with Gasteiger partial charge in [-0.1, -0.05) is 30.3 Å². The first-order chi connectivity index (χ1) is 11.6. The molecule has 0 saturated carbocycles. The predicted octanol–water partition coefficient (Wildman–Crippen LogP) is 3.71. The van der Waals surface area contributed by atoms with Gasteiger partial charge in [0.05, 0.1) is 10.5 Å². The van der Waals surface area contributed by atoms with Crippen LogP contribution < -0.4 is 4.74 Å². The van der Waals surface area contributed by atoms with Crippen molar-refractivity contribution in [3.05, 3.63) is 59.7 Å². The zero-order valence-corrected chi connectivity index (χ0v) is 14.6. The van der Waals surface area contributed by atoms with Crippen molar-refractivity contribution in [2.24, 2.45) is 0 Å². The molecule has 0 saturated heterocycles. The van der Waals surface area contributed by atoms with E-state index < -0.39 is 26.7 Å². The van der Waals surface area contributed by atoms with Crippen LogP contribution in [0, 0.1) is 6.92 Å². The van der Waals surface area contributed by atoms with Crippen molar-refractivity contribution in [1.82, 2.24) is 4.31 Å². The highest BCUT2D eigenvalue weighted by Crippen LogP contribution is 2.34. The van der Waals surface area contributed by atoms with Gasteiger partial charge in [0.2, 0.25) is 10.0 Å². The number of hydrogen-bond acceptors (Lipinski definition) is 3. The van der Waals surface area contributed by atoms with Crippen LogP contribution in [0.15, 0.2) is 53.4 Å². The summed E-state index contributed by atoms with van der Waals surface area (Å²) >= 11 is 0. The number of rotatable bonds is 6. The maximum atomic E-state index is 13.1. The van der Waals surface area contributed by atoms with Crippen LogP contribution in [-0.2, 0) is 16.2 Å². The molecule has 0 N–H and O–H groups in total. The average Bonchev–Trinajstić information content (AvgIpc) is 2.55. The summed E-state index contributed by atoms with van der Waals surface area (Å²) < 4.78 is 70.5. The number of benzene rings is 2. The van der Waals surface area contributed by atoms with Gasteiger partial charge in [-0.15, -0.1) is 0 Å². The Morgan fingerprint density at radius 1 is 1.04 bits per heavy atom. The van der Waals surface area contributed by atoms with Crippen LogP contribution in [0.5, 0.6) is 5.75 Å². The summed E-state index contributed by atoms with van der Waals surface area (Å²) in [4.78, 5) is -0.763. The molecule has 0 fully saturated rings. The molecular formula is C17H18F3NO3S. The second-order valence-electron chi connectivity index (χ2n) is 5.43. The van der Waals surface area contributed by atoms with Crippen LogP contribution in [-0.4, -0.2) is 32.9 Å². The average molecular weight is 373 g/mol. The molecule has 0 heterocycles. The Morgan fingerprint density at radius 2 is 1.64 bits per heavy atom. The van der Waals surface area contributed by atoms with E-state index in [9.17, 15) is 21.6 Å². The third kappa shape index (κ3) is 4.52. The monoisotopic (exact) mass is 373 g/mol. The number of likely N-dealkylation sites (N-methyl/N-ethyl adjacent to an activating group) is 1. The molecule has 4 nitrogen and oxygen atoms in total. The fourth-order valence-electron chi connectivity index (χ4n) is 2.22. The molecule has 2 rings (SSSR count). The van der Waals surface area contributed by atoms with Gasteiger partial charge in [-0.05, 0) is 30.7 Å². The number of hydrogen-bond donors (Lipinski definition) is 0. The molecule has 0 atom stereocenters. The lowest BCUT2D eigenvalue weighted by Crippen LogP contribution is -2.32. The smallest absolute Gasteiger partial charge is 0.417 e. The summed E-state index contributed by atoms with van der Waals surface area (Å²) in [6.07, 6.45) is -4.75. The van der Waals surface area contributed by atoms with E-state index in [0.29, 0.717) is 5.75 Å². The summed E-state index contributed by atoms with van der Waals surface area (Å²) in [6.45, 7) is 1.78. The summed E-state index contributed by atoms with van der Waals surface area (Å²) in [5.41, 5.74) is -0.294. The van der Waals surface area contributed by atoms with E-state index in [2.05, 4.69) is 0 Å². The van der Waals surface area contributed by atoms with Crippen LogP contribution in [0.2, 0.25) is 0 Å². The van der Waals surface area contributed by atoms with Crippen LogP contribution in [0.25, 0.3) is 0 Å². The summed E-state index contributed by atoms with van der Waals surface area (Å²) in [5, 5.41) is 0. The van der Waals surface area contributed by atoms with Crippen LogP contribution >= 0.6 is 0 Å². The van der Waals surface area contributed by atoms with Gasteiger partial charge >= 0.3 is 6.18 Å². The highest BCUT2D eigenvalue weighted by atomic mass is 32.2. The molecule has 0 aliphatic heterocycles. The maximum Gasteiger partial charge on any atom is 0.417 e. The SMILES string of the molecule is Cc1ccccc1OCCN(C)S(=O)(=O)c1ccccc1C(F)(F)F. The summed E-state index contributed by atoms with van der Waals surface area (Å²) in [7, 11) is -3.06. The van der Waals surface area contributed by atoms with Gasteiger partial charge in [-0.2, -0.15) is 17.5 Å². The highest BCUT2D eigenvalue weighted by Gasteiger charge is 2.38. The molecule has 0 amide bonds. The Balaban J connectivity index is 2.14. The normalized spacial score (nSPS) is 12.4. The zero-order valence-electron chi connectivity index (χ0n) is 13.7. The van der Waals surface area contributed by atoms with E-state index in [4.69, 9.17) is 4.74 Å². The molecule has 0 spiro atoms. The largest absolute Gasteiger partial charge is 0.492 e. The minimum atomic E-state index is -4.75. The second-order valence-corrected chi connectivity index (χ2v) is 7.45. The van der Waals surface area contributed by atoms with Crippen LogP contribution in [0.4, 0.5) is 13.2 Å². The van der Waals surface area contributed by atoms with Crippen molar-refractivity contribution in [1.29, 1.82) is 0 Å². The van der Waals surface area contributed by atoms with E-state index >= 15 is 0 Å². The second kappa shape index (κ2) is 7.45. The van der Waals surface area contributed by atoms with Crippen molar-refractivity contribution in [2.45, 2.75) is 18.0 Å². The number of alkyl halides is 3. The molecule has 25 heavy (non-hydrogen) atoms. The minimum Gasteiger partial charge on any atom is -0.492 e. The van der Waals surface area contributed by atoms with Crippen molar-refractivity contribution >= 4 is 10.0 Å². The number of para-hydroxylation sites is 1. The maximum absolute atomic E-state index is 13.1. The number of ether oxygens (including phenoxy) is 1. The summed E-state index contributed by atoms with van der Waals surface area (Å²) in [6, 6.07) is 11.3. The molecule has 0 bridgehead atoms. The Labute approximate surface area is 144 Å². The first-order valence-corrected chi connectivity index (χ1v) is 8.89. The fraction of sp³-hybridized carbons (Fsp3) is 0.294.